The van der Waals surface area contributed by atoms with Crippen LogP contribution in [0, 0.1) is 6.92 Å². The van der Waals surface area contributed by atoms with E-state index in [-0.39, 0.29) is 5.56 Å². The Morgan fingerprint density at radius 3 is 2.90 bits per heavy atom. The van der Waals surface area contributed by atoms with Gasteiger partial charge in [0.05, 0.1) is 6.33 Å². The van der Waals surface area contributed by atoms with Crippen LogP contribution in [0.3, 0.4) is 0 Å². The number of nitrogens with zero attached hydrogens (tertiary/aromatic N) is 2. The van der Waals surface area contributed by atoms with Gasteiger partial charge in [-0.3, -0.25) is 4.79 Å². The maximum atomic E-state index is 10.6. The van der Waals surface area contributed by atoms with Gasteiger partial charge in [0.2, 0.25) is 0 Å². The molecule has 0 unspecified atom stereocenters. The Kier molecular flexibility index (Phi) is 1.85. The summed E-state index contributed by atoms with van der Waals surface area (Å²) in [5.41, 5.74) is 0.796. The van der Waals surface area contributed by atoms with Gasteiger partial charge in [0.15, 0.2) is 0 Å². The van der Waals surface area contributed by atoms with Crippen LogP contribution in [0.1, 0.15) is 12.6 Å². The van der Waals surface area contributed by atoms with Crippen LogP contribution in [0.5, 0.6) is 0 Å². The number of aromatic nitrogens is 2. The zero-order chi connectivity index (χ0) is 7.56. The van der Waals surface area contributed by atoms with Gasteiger partial charge in [0.25, 0.3) is 5.56 Å². The lowest BCUT2D eigenvalue weighted by molar-refractivity contribution is 0.702. The summed E-state index contributed by atoms with van der Waals surface area (Å²) < 4.78 is 1.92. The van der Waals surface area contributed by atoms with E-state index in [9.17, 15) is 4.79 Å². The fourth-order valence-electron chi connectivity index (χ4n) is 0.848. The highest BCUT2D eigenvalue weighted by Gasteiger charge is 1.91. The lowest BCUT2D eigenvalue weighted by Gasteiger charge is -2.03. The summed E-state index contributed by atoms with van der Waals surface area (Å²) in [5.74, 6) is 0. The largest absolute Gasteiger partial charge is 0.336 e. The van der Waals surface area contributed by atoms with Crippen molar-refractivity contribution < 1.29 is 0 Å². The molecule has 3 nitrogen and oxygen atoms in total. The van der Waals surface area contributed by atoms with Gasteiger partial charge in [-0.2, -0.15) is 4.98 Å². The zero-order valence-electron chi connectivity index (χ0n) is 6.16. The molecule has 54 valence electrons. The van der Waals surface area contributed by atoms with E-state index in [2.05, 4.69) is 4.98 Å². The summed E-state index contributed by atoms with van der Waals surface area (Å²) >= 11 is 0. The van der Waals surface area contributed by atoms with Crippen LogP contribution in [-0.2, 0) is 6.54 Å². The Hall–Kier alpha value is -1.12. The summed E-state index contributed by atoms with van der Waals surface area (Å²) in [6.07, 6.45) is 1.57. The average molecular weight is 138 g/mol. The predicted molar refractivity (Wildman–Crippen MR) is 38.9 cm³/mol. The molecule has 1 aromatic heterocycles. The Labute approximate surface area is 59.3 Å². The first-order valence-electron chi connectivity index (χ1n) is 3.27. The van der Waals surface area contributed by atoms with Crippen molar-refractivity contribution in [2.45, 2.75) is 20.4 Å². The third-order valence-corrected chi connectivity index (χ3v) is 1.45. The monoisotopic (exact) mass is 138 g/mol. The van der Waals surface area contributed by atoms with Crippen LogP contribution in [0.2, 0.25) is 0 Å². The smallest absolute Gasteiger partial charge is 0.272 e. The minimum absolute atomic E-state index is 0.165. The molecule has 0 N–H and O–H groups in total. The molecule has 0 amide bonds. The second-order valence-corrected chi connectivity index (χ2v) is 2.15. The normalized spacial score (nSPS) is 9.80. The third kappa shape index (κ3) is 1.23. The lowest BCUT2D eigenvalue weighted by Crippen LogP contribution is -2.11. The molecule has 3 heteroatoms. The van der Waals surface area contributed by atoms with Gasteiger partial charge in [0.1, 0.15) is 0 Å². The van der Waals surface area contributed by atoms with Crippen LogP contribution in [0.15, 0.2) is 17.2 Å². The van der Waals surface area contributed by atoms with Gasteiger partial charge in [-0.1, -0.05) is 0 Å². The first-order valence-corrected chi connectivity index (χ1v) is 3.27. The first-order chi connectivity index (χ1) is 4.74. The van der Waals surface area contributed by atoms with E-state index >= 15 is 0 Å². The maximum absolute atomic E-state index is 10.6. The van der Waals surface area contributed by atoms with Gasteiger partial charge in [-0.15, -0.1) is 0 Å². The average Bonchev–Trinajstić information content (AvgIpc) is 1.88. The molecule has 0 fully saturated rings. The van der Waals surface area contributed by atoms with Gasteiger partial charge < -0.3 is 4.57 Å². The second kappa shape index (κ2) is 2.64. The van der Waals surface area contributed by atoms with Crippen LogP contribution in [0.4, 0.5) is 0 Å². The fourth-order valence-corrected chi connectivity index (χ4v) is 0.848. The highest BCUT2D eigenvalue weighted by atomic mass is 16.1. The molecule has 0 saturated heterocycles. The van der Waals surface area contributed by atoms with Crippen molar-refractivity contribution in [3.8, 4) is 0 Å². The van der Waals surface area contributed by atoms with E-state index in [1.165, 1.54) is 6.07 Å². The summed E-state index contributed by atoms with van der Waals surface area (Å²) in [4.78, 5) is 14.3. The Morgan fingerprint density at radius 2 is 2.40 bits per heavy atom. The van der Waals surface area contributed by atoms with E-state index in [4.69, 9.17) is 0 Å². The second-order valence-electron chi connectivity index (χ2n) is 2.15. The maximum Gasteiger partial charge on any atom is 0.272 e. The third-order valence-electron chi connectivity index (χ3n) is 1.45. The first kappa shape index (κ1) is 6.99. The van der Waals surface area contributed by atoms with Crippen molar-refractivity contribution in [2.24, 2.45) is 0 Å². The predicted octanol–water partition coefficient (Wildman–Crippen LogP) is 0.572. The van der Waals surface area contributed by atoms with Crippen LogP contribution >= 0.6 is 0 Å². The van der Waals surface area contributed by atoms with Gasteiger partial charge in [-0.05, 0) is 13.8 Å². The molecule has 0 aliphatic heterocycles. The van der Waals surface area contributed by atoms with Crippen LogP contribution < -0.4 is 5.56 Å². The molecular formula is C7H10N2O. The van der Waals surface area contributed by atoms with E-state index in [1.54, 1.807) is 6.33 Å². The molecule has 1 aromatic rings. The topological polar surface area (TPSA) is 34.9 Å². The van der Waals surface area contributed by atoms with Crippen molar-refractivity contribution in [3.63, 3.8) is 0 Å². The lowest BCUT2D eigenvalue weighted by atomic mass is 10.4. The van der Waals surface area contributed by atoms with Gasteiger partial charge in [0, 0.05) is 18.3 Å². The number of hydrogen-bond acceptors (Lipinski definition) is 2. The molecule has 1 heterocycles. The minimum Gasteiger partial charge on any atom is -0.336 e. The molecule has 1 rings (SSSR count). The number of aryl methyl sites for hydroxylation is 2. The van der Waals surface area contributed by atoms with Crippen molar-refractivity contribution >= 4 is 0 Å². The summed E-state index contributed by atoms with van der Waals surface area (Å²) in [6, 6.07) is 1.53. The standard InChI is InChI=1S/C7H10N2O/c1-3-9-5-8-7(10)4-6(9)2/h4-5H,3H2,1-2H3. The van der Waals surface area contributed by atoms with Crippen molar-refractivity contribution in [1.29, 1.82) is 0 Å². The molecule has 0 aliphatic rings. The SMILES string of the molecule is CCn1cnc(=O)cc1C. The van der Waals surface area contributed by atoms with Gasteiger partial charge >= 0.3 is 0 Å². The van der Waals surface area contributed by atoms with Crippen molar-refractivity contribution in [2.75, 3.05) is 0 Å². The zero-order valence-corrected chi connectivity index (χ0v) is 6.16. The van der Waals surface area contributed by atoms with E-state index in [0.717, 1.165) is 12.2 Å². The molecule has 0 spiro atoms. The highest BCUT2D eigenvalue weighted by Crippen LogP contribution is 1.90. The van der Waals surface area contributed by atoms with E-state index < -0.39 is 0 Å². The van der Waals surface area contributed by atoms with Crippen LogP contribution in [0.25, 0.3) is 0 Å². The number of hydrogen-bond donors (Lipinski definition) is 0. The quantitative estimate of drug-likeness (QED) is 0.568. The van der Waals surface area contributed by atoms with Gasteiger partial charge in [-0.25, -0.2) is 0 Å². The molecular weight excluding hydrogens is 128 g/mol. The Bertz CT molecular complexity index is 277. The molecule has 0 saturated carbocycles. The highest BCUT2D eigenvalue weighted by molar-refractivity contribution is 4.97. The molecule has 0 bridgehead atoms. The molecule has 10 heavy (non-hydrogen) atoms. The minimum atomic E-state index is -0.165. The molecule has 0 aliphatic carbocycles. The Balaban J connectivity index is 3.19. The van der Waals surface area contributed by atoms with Crippen LogP contribution in [-0.4, -0.2) is 9.55 Å². The summed E-state index contributed by atoms with van der Waals surface area (Å²) in [7, 11) is 0. The van der Waals surface area contributed by atoms with E-state index in [0.29, 0.717) is 0 Å². The van der Waals surface area contributed by atoms with E-state index in [1.807, 2.05) is 18.4 Å². The van der Waals surface area contributed by atoms with Crippen molar-refractivity contribution in [1.82, 2.24) is 9.55 Å². The summed E-state index contributed by atoms with van der Waals surface area (Å²) in [6.45, 7) is 4.77. The van der Waals surface area contributed by atoms with Crippen molar-refractivity contribution in [3.05, 3.63) is 28.4 Å². The summed E-state index contributed by atoms with van der Waals surface area (Å²) in [5, 5.41) is 0. The fraction of sp³-hybridized carbons (Fsp3) is 0.429. The molecule has 0 radical (unpaired) electrons. The number of rotatable bonds is 1. The molecule has 0 aromatic carbocycles. The molecule has 0 atom stereocenters. The Morgan fingerprint density at radius 1 is 1.70 bits per heavy atom.